The molecule has 0 aliphatic carbocycles. The van der Waals surface area contributed by atoms with Gasteiger partial charge in [0, 0.05) is 17.7 Å². The Balaban J connectivity index is 2.07. The number of fused-ring (bicyclic) bond motifs is 2. The maximum absolute atomic E-state index is 6.06. The number of hydrogen-bond donors (Lipinski definition) is 0. The first-order valence-corrected chi connectivity index (χ1v) is 6.97. The lowest BCUT2D eigenvalue weighted by Crippen LogP contribution is -2.20. The molecule has 0 saturated carbocycles. The van der Waals surface area contributed by atoms with Gasteiger partial charge in [-0.25, -0.2) is 0 Å². The van der Waals surface area contributed by atoms with Crippen LogP contribution in [0.5, 0.6) is 11.5 Å². The third-order valence-electron chi connectivity index (χ3n) is 3.50. The standard InChI is InChI=1S/C19H17NO/c1-3-12-20(2)14-16-13-15-8-4-6-10-18(15)21-19-11-7-5-9-17(16)19/h1,4-11,13H,12,14H2,2H3/i2-1. The Bertz CT molecular complexity index is 724. The monoisotopic (exact) mass is 274 g/mol. The van der Waals surface area contributed by atoms with Crippen molar-refractivity contribution in [2.24, 2.45) is 0 Å². The summed E-state index contributed by atoms with van der Waals surface area (Å²) in [5.74, 6) is 4.46. The molecule has 0 unspecified atom stereocenters. The van der Waals surface area contributed by atoms with E-state index in [4.69, 9.17) is 11.2 Å². The zero-order valence-electron chi connectivity index (χ0n) is 12.0. The first kappa shape index (κ1) is 13.5. The highest BCUT2D eigenvalue weighted by Gasteiger charge is 2.16. The van der Waals surface area contributed by atoms with Crippen LogP contribution in [0.4, 0.5) is 0 Å². The third-order valence-corrected chi connectivity index (χ3v) is 3.50. The van der Waals surface area contributed by atoms with E-state index in [9.17, 15) is 0 Å². The molecule has 3 rings (SSSR count). The van der Waals surface area contributed by atoms with E-state index in [1.165, 1.54) is 5.57 Å². The summed E-state index contributed by atoms with van der Waals surface area (Å²) in [6.07, 6.45) is 7.59. The van der Waals surface area contributed by atoms with E-state index < -0.39 is 0 Å². The molecule has 0 aromatic heterocycles. The van der Waals surface area contributed by atoms with Crippen LogP contribution in [0.3, 0.4) is 0 Å². The van der Waals surface area contributed by atoms with Gasteiger partial charge in [-0.3, -0.25) is 4.90 Å². The van der Waals surface area contributed by atoms with E-state index >= 15 is 0 Å². The van der Waals surface area contributed by atoms with Crippen LogP contribution in [0.25, 0.3) is 11.6 Å². The molecule has 0 atom stereocenters. The highest BCUT2D eigenvalue weighted by atomic mass is 16.5. The van der Waals surface area contributed by atoms with E-state index in [2.05, 4.69) is 29.0 Å². The summed E-state index contributed by atoms with van der Waals surface area (Å²) < 4.78 is 6.06. The molecule has 0 saturated heterocycles. The van der Waals surface area contributed by atoms with E-state index in [-0.39, 0.29) is 0 Å². The molecule has 1 aliphatic heterocycles. The van der Waals surface area contributed by atoms with E-state index in [0.29, 0.717) is 6.54 Å². The highest BCUT2D eigenvalue weighted by Crippen LogP contribution is 2.37. The molecule has 0 amide bonds. The fourth-order valence-electron chi connectivity index (χ4n) is 2.53. The van der Waals surface area contributed by atoms with Crippen LogP contribution in [0.1, 0.15) is 11.1 Å². The normalized spacial score (nSPS) is 12.5. The van der Waals surface area contributed by atoms with Crippen molar-refractivity contribution in [3.8, 4) is 23.8 Å². The van der Waals surface area contributed by atoms with E-state index in [1.807, 2.05) is 43.4 Å². The zero-order valence-corrected chi connectivity index (χ0v) is 12.0. The topological polar surface area (TPSA) is 12.5 Å². The number of nitrogens with zero attached hydrogens (tertiary/aromatic N) is 1. The summed E-state index contributed by atoms with van der Waals surface area (Å²) >= 11 is 0. The van der Waals surface area contributed by atoms with Crippen LogP contribution in [0, 0.1) is 12.3 Å². The molecule has 0 bridgehead atoms. The van der Waals surface area contributed by atoms with Crippen molar-refractivity contribution in [2.75, 3.05) is 20.1 Å². The Morgan fingerprint density at radius 2 is 1.76 bits per heavy atom. The van der Waals surface area contributed by atoms with Gasteiger partial charge in [0.15, 0.2) is 0 Å². The number of terminal acetylenes is 1. The van der Waals surface area contributed by atoms with Crippen molar-refractivity contribution in [1.29, 1.82) is 0 Å². The summed E-state index contributed by atoms with van der Waals surface area (Å²) in [7, 11) is 2.03. The molecule has 0 spiro atoms. The average Bonchev–Trinajstić information content (AvgIpc) is 2.64. The predicted molar refractivity (Wildman–Crippen MR) is 87.2 cm³/mol. The quantitative estimate of drug-likeness (QED) is 0.787. The van der Waals surface area contributed by atoms with Crippen molar-refractivity contribution in [2.45, 2.75) is 0 Å². The van der Waals surface area contributed by atoms with Gasteiger partial charge in [0.05, 0.1) is 6.54 Å². The first-order chi connectivity index (χ1) is 10.3. The second-order valence-corrected chi connectivity index (χ2v) is 5.18. The minimum Gasteiger partial charge on any atom is -0.456 e. The fraction of sp³-hybridized carbons (Fsp3) is 0.158. The zero-order chi connectivity index (χ0) is 14.7. The van der Waals surface area contributed by atoms with Gasteiger partial charge >= 0.3 is 0 Å². The minimum absolute atomic E-state index is 0.627. The third kappa shape index (κ3) is 2.84. The van der Waals surface area contributed by atoms with Crippen LogP contribution in [-0.4, -0.2) is 25.0 Å². The Morgan fingerprint density at radius 1 is 1.05 bits per heavy atom. The maximum Gasteiger partial charge on any atom is 0.135 e. The molecule has 2 heteroatoms. The largest absolute Gasteiger partial charge is 0.456 e. The van der Waals surface area contributed by atoms with Crippen LogP contribution in [0.15, 0.2) is 48.5 Å². The van der Waals surface area contributed by atoms with Gasteiger partial charge < -0.3 is 4.74 Å². The van der Waals surface area contributed by atoms with Gasteiger partial charge in [-0.2, -0.15) is 0 Å². The lowest BCUT2D eigenvalue weighted by Gasteiger charge is -2.17. The Kier molecular flexibility index (Phi) is 3.77. The summed E-state index contributed by atoms with van der Waals surface area (Å²) in [5, 5.41) is 0. The summed E-state index contributed by atoms with van der Waals surface area (Å²) in [6.45, 7) is 1.42. The van der Waals surface area contributed by atoms with Crippen LogP contribution in [-0.2, 0) is 0 Å². The van der Waals surface area contributed by atoms with Crippen molar-refractivity contribution in [3.05, 3.63) is 59.7 Å². The molecule has 1 aliphatic rings. The summed E-state index contributed by atoms with van der Waals surface area (Å²) in [5.41, 5.74) is 3.43. The van der Waals surface area contributed by atoms with Gasteiger partial charge in [0.2, 0.25) is 0 Å². The Morgan fingerprint density at radius 3 is 2.57 bits per heavy atom. The van der Waals surface area contributed by atoms with Gasteiger partial charge in [-0.1, -0.05) is 42.3 Å². The van der Waals surface area contributed by atoms with Crippen molar-refractivity contribution < 1.29 is 4.74 Å². The van der Waals surface area contributed by atoms with Gasteiger partial charge in [0.1, 0.15) is 11.5 Å². The molecular weight excluding hydrogens is 257 g/mol. The second-order valence-electron chi connectivity index (χ2n) is 5.18. The predicted octanol–water partition coefficient (Wildman–Crippen LogP) is 3.90. The Hall–Kier alpha value is -2.50. The smallest absolute Gasteiger partial charge is 0.135 e. The van der Waals surface area contributed by atoms with Crippen LogP contribution < -0.4 is 4.74 Å². The molecule has 104 valence electrons. The minimum atomic E-state index is 0.627. The lowest BCUT2D eigenvalue weighted by atomic mass is 10.0. The summed E-state index contributed by atoms with van der Waals surface area (Å²) in [4.78, 5) is 2.12. The van der Waals surface area contributed by atoms with E-state index in [0.717, 1.165) is 29.2 Å². The van der Waals surface area contributed by atoms with Crippen molar-refractivity contribution in [3.63, 3.8) is 0 Å². The van der Waals surface area contributed by atoms with Crippen molar-refractivity contribution >= 4 is 11.6 Å². The van der Waals surface area contributed by atoms with E-state index in [1.54, 1.807) is 0 Å². The number of ether oxygens (including phenoxy) is 1. The molecule has 1 heterocycles. The molecule has 0 radical (unpaired) electrons. The van der Waals surface area contributed by atoms with Crippen LogP contribution in [0.2, 0.25) is 0 Å². The molecule has 21 heavy (non-hydrogen) atoms. The fourth-order valence-corrected chi connectivity index (χ4v) is 2.53. The summed E-state index contributed by atoms with van der Waals surface area (Å²) in [6, 6.07) is 16.2. The first-order valence-electron chi connectivity index (χ1n) is 6.97. The van der Waals surface area contributed by atoms with Gasteiger partial charge in [0.25, 0.3) is 0 Å². The van der Waals surface area contributed by atoms with Crippen LogP contribution >= 0.6 is 0 Å². The lowest BCUT2D eigenvalue weighted by molar-refractivity contribution is 0.425. The number of rotatable bonds is 3. The highest BCUT2D eigenvalue weighted by molar-refractivity contribution is 5.87. The second kappa shape index (κ2) is 5.87. The average molecular weight is 274 g/mol. The molecule has 2 aromatic rings. The maximum atomic E-state index is 6.06. The SMILES string of the molecule is C#CCN([11CH3])CC1=Cc2ccccc2Oc2ccccc21. The van der Waals surface area contributed by atoms with Crippen molar-refractivity contribution in [1.82, 2.24) is 4.90 Å². The van der Waals surface area contributed by atoms with Gasteiger partial charge in [-0.15, -0.1) is 6.42 Å². The molecular formula is C19H17NO. The molecule has 2 nitrogen and oxygen atoms in total. The number of para-hydroxylation sites is 2. The number of benzene rings is 2. The number of likely N-dealkylation sites (N-methyl/N-ethyl adjacent to an activating group) is 1. The molecule has 2 aromatic carbocycles. The molecule has 0 fully saturated rings. The Labute approximate surface area is 125 Å². The van der Waals surface area contributed by atoms with Gasteiger partial charge in [-0.05, 0) is 30.8 Å². The molecule has 0 N–H and O–H groups in total. The number of hydrogen-bond acceptors (Lipinski definition) is 2.